The molecule has 0 atom stereocenters. The molecule has 5 nitrogen and oxygen atoms in total. The lowest BCUT2D eigenvalue weighted by atomic mass is 9.97. The molecule has 1 aliphatic heterocycles. The summed E-state index contributed by atoms with van der Waals surface area (Å²) in [6.07, 6.45) is 1.39. The van der Waals surface area contributed by atoms with Crippen LogP contribution in [0.1, 0.15) is 24.0 Å². The molecule has 106 valence electrons. The van der Waals surface area contributed by atoms with Crippen molar-refractivity contribution >= 4 is 5.97 Å². The third-order valence-electron chi connectivity index (χ3n) is 3.73. The summed E-state index contributed by atoms with van der Waals surface area (Å²) >= 11 is 0. The van der Waals surface area contributed by atoms with Crippen molar-refractivity contribution in [2.24, 2.45) is 5.92 Å². The standard InChI is InChI=1S/C15H18N2O3/c1-20-14-8-11(2-3-13(14)9-16)10-17-6-4-12(5-7-17)15(18)19/h2-3,8,12H,4-7,10H2,1H3,(H,18,19). The zero-order valence-electron chi connectivity index (χ0n) is 11.5. The number of ether oxygens (including phenoxy) is 1. The summed E-state index contributed by atoms with van der Waals surface area (Å²) in [5, 5.41) is 17.9. The van der Waals surface area contributed by atoms with E-state index in [0.29, 0.717) is 24.2 Å². The Hall–Kier alpha value is -2.06. The fourth-order valence-electron chi connectivity index (χ4n) is 2.52. The van der Waals surface area contributed by atoms with Gasteiger partial charge in [0, 0.05) is 6.54 Å². The number of hydrogen-bond donors (Lipinski definition) is 1. The second kappa shape index (κ2) is 6.40. The number of aliphatic carboxylic acids is 1. The van der Waals surface area contributed by atoms with Gasteiger partial charge in [-0.15, -0.1) is 0 Å². The molecule has 0 amide bonds. The topological polar surface area (TPSA) is 73.6 Å². The van der Waals surface area contributed by atoms with Crippen molar-refractivity contribution in [2.75, 3.05) is 20.2 Å². The van der Waals surface area contributed by atoms with Gasteiger partial charge in [-0.25, -0.2) is 0 Å². The van der Waals surface area contributed by atoms with Crippen LogP contribution in [0.5, 0.6) is 5.75 Å². The maximum Gasteiger partial charge on any atom is 0.306 e. The van der Waals surface area contributed by atoms with Crippen LogP contribution < -0.4 is 4.74 Å². The van der Waals surface area contributed by atoms with Gasteiger partial charge in [-0.3, -0.25) is 9.69 Å². The summed E-state index contributed by atoms with van der Waals surface area (Å²) in [6, 6.07) is 7.65. The quantitative estimate of drug-likeness (QED) is 0.907. The highest BCUT2D eigenvalue weighted by atomic mass is 16.5. The number of likely N-dealkylation sites (tertiary alicyclic amines) is 1. The van der Waals surface area contributed by atoms with Crippen molar-refractivity contribution in [3.63, 3.8) is 0 Å². The van der Waals surface area contributed by atoms with Crippen LogP contribution in [-0.4, -0.2) is 36.2 Å². The SMILES string of the molecule is COc1cc(CN2CCC(C(=O)O)CC2)ccc1C#N. The van der Waals surface area contributed by atoms with Crippen molar-refractivity contribution in [1.29, 1.82) is 5.26 Å². The molecule has 1 N–H and O–H groups in total. The molecule has 5 heteroatoms. The summed E-state index contributed by atoms with van der Waals surface area (Å²) in [5.74, 6) is -0.308. The number of nitrogens with zero attached hydrogens (tertiary/aromatic N) is 2. The van der Waals surface area contributed by atoms with Crippen LogP contribution in [0.15, 0.2) is 18.2 Å². The lowest BCUT2D eigenvalue weighted by molar-refractivity contribution is -0.143. The van der Waals surface area contributed by atoms with Gasteiger partial charge in [0.1, 0.15) is 11.8 Å². The Labute approximate surface area is 118 Å². The lowest BCUT2D eigenvalue weighted by Crippen LogP contribution is -2.35. The van der Waals surface area contributed by atoms with E-state index in [-0.39, 0.29) is 5.92 Å². The summed E-state index contributed by atoms with van der Waals surface area (Å²) in [5.41, 5.74) is 1.61. The van der Waals surface area contributed by atoms with Gasteiger partial charge in [-0.05, 0) is 43.6 Å². The minimum atomic E-state index is -0.690. The minimum Gasteiger partial charge on any atom is -0.495 e. The first-order chi connectivity index (χ1) is 9.63. The number of rotatable bonds is 4. The molecule has 1 aliphatic rings. The van der Waals surface area contributed by atoms with E-state index in [9.17, 15) is 4.79 Å². The van der Waals surface area contributed by atoms with Gasteiger partial charge in [0.05, 0.1) is 18.6 Å². The molecule has 0 spiro atoms. The summed E-state index contributed by atoms with van der Waals surface area (Å²) < 4.78 is 5.20. The number of methoxy groups -OCH3 is 1. The van der Waals surface area contributed by atoms with E-state index >= 15 is 0 Å². The van der Waals surface area contributed by atoms with Gasteiger partial charge in [0.15, 0.2) is 0 Å². The molecule has 0 unspecified atom stereocenters. The predicted molar refractivity (Wildman–Crippen MR) is 73.3 cm³/mol. The molecule has 0 saturated carbocycles. The molecule has 1 aromatic rings. The highest BCUT2D eigenvalue weighted by Crippen LogP contribution is 2.23. The van der Waals surface area contributed by atoms with Crippen LogP contribution >= 0.6 is 0 Å². The maximum absolute atomic E-state index is 10.9. The monoisotopic (exact) mass is 274 g/mol. The second-order valence-corrected chi connectivity index (χ2v) is 5.04. The Bertz CT molecular complexity index is 528. The van der Waals surface area contributed by atoms with E-state index < -0.39 is 5.97 Å². The van der Waals surface area contributed by atoms with Crippen LogP contribution in [0.25, 0.3) is 0 Å². The number of hydrogen-bond acceptors (Lipinski definition) is 4. The van der Waals surface area contributed by atoms with E-state index in [1.54, 1.807) is 13.2 Å². The summed E-state index contributed by atoms with van der Waals surface area (Å²) in [4.78, 5) is 13.1. The molecule has 0 bridgehead atoms. The third kappa shape index (κ3) is 3.28. The molecular formula is C15H18N2O3. The summed E-state index contributed by atoms with van der Waals surface area (Å²) in [7, 11) is 1.55. The Balaban J connectivity index is 1.98. The average Bonchev–Trinajstić information content (AvgIpc) is 2.47. The Morgan fingerprint density at radius 1 is 1.50 bits per heavy atom. The van der Waals surface area contributed by atoms with E-state index in [1.807, 2.05) is 12.1 Å². The van der Waals surface area contributed by atoms with Crippen LogP contribution in [0, 0.1) is 17.2 Å². The van der Waals surface area contributed by atoms with E-state index in [0.717, 1.165) is 25.2 Å². The minimum absolute atomic E-state index is 0.207. The van der Waals surface area contributed by atoms with E-state index in [4.69, 9.17) is 15.1 Å². The number of piperidine rings is 1. The van der Waals surface area contributed by atoms with Gasteiger partial charge in [0.2, 0.25) is 0 Å². The maximum atomic E-state index is 10.9. The first-order valence-electron chi connectivity index (χ1n) is 6.66. The number of carboxylic acid groups (broad SMARTS) is 1. The number of benzene rings is 1. The van der Waals surface area contributed by atoms with Gasteiger partial charge in [-0.1, -0.05) is 6.07 Å². The Morgan fingerprint density at radius 2 is 2.20 bits per heavy atom. The summed E-state index contributed by atoms with van der Waals surface area (Å²) in [6.45, 7) is 2.34. The molecular weight excluding hydrogens is 256 g/mol. The molecule has 0 radical (unpaired) electrons. The van der Waals surface area contributed by atoms with Gasteiger partial charge >= 0.3 is 5.97 Å². The van der Waals surface area contributed by atoms with Gasteiger partial charge < -0.3 is 9.84 Å². The highest BCUT2D eigenvalue weighted by Gasteiger charge is 2.24. The molecule has 20 heavy (non-hydrogen) atoms. The van der Waals surface area contributed by atoms with E-state index in [2.05, 4.69) is 11.0 Å². The first-order valence-corrected chi connectivity index (χ1v) is 6.66. The van der Waals surface area contributed by atoms with Crippen molar-refractivity contribution < 1.29 is 14.6 Å². The Kier molecular flexibility index (Phi) is 4.59. The van der Waals surface area contributed by atoms with Crippen LogP contribution in [0.4, 0.5) is 0 Å². The smallest absolute Gasteiger partial charge is 0.306 e. The largest absolute Gasteiger partial charge is 0.495 e. The zero-order valence-corrected chi connectivity index (χ0v) is 11.5. The third-order valence-corrected chi connectivity index (χ3v) is 3.73. The molecule has 0 aliphatic carbocycles. The molecule has 1 aromatic carbocycles. The lowest BCUT2D eigenvalue weighted by Gasteiger charge is -2.30. The fourth-order valence-corrected chi connectivity index (χ4v) is 2.52. The molecule has 0 aromatic heterocycles. The van der Waals surface area contributed by atoms with Crippen molar-refractivity contribution in [1.82, 2.24) is 4.90 Å². The molecule has 2 rings (SSSR count). The van der Waals surface area contributed by atoms with Crippen LogP contribution in [0.3, 0.4) is 0 Å². The number of nitriles is 1. The van der Waals surface area contributed by atoms with Gasteiger partial charge in [0.25, 0.3) is 0 Å². The highest BCUT2D eigenvalue weighted by molar-refractivity contribution is 5.70. The molecule has 1 saturated heterocycles. The van der Waals surface area contributed by atoms with Gasteiger partial charge in [-0.2, -0.15) is 5.26 Å². The van der Waals surface area contributed by atoms with Crippen molar-refractivity contribution in [2.45, 2.75) is 19.4 Å². The first kappa shape index (κ1) is 14.4. The average molecular weight is 274 g/mol. The second-order valence-electron chi connectivity index (χ2n) is 5.04. The molecule has 1 heterocycles. The fraction of sp³-hybridized carbons (Fsp3) is 0.467. The number of carboxylic acids is 1. The van der Waals surface area contributed by atoms with Crippen LogP contribution in [0.2, 0.25) is 0 Å². The normalized spacial score (nSPS) is 16.6. The predicted octanol–water partition coefficient (Wildman–Crippen LogP) is 1.86. The molecule has 1 fully saturated rings. The zero-order chi connectivity index (χ0) is 14.5. The van der Waals surface area contributed by atoms with Crippen molar-refractivity contribution in [3.05, 3.63) is 29.3 Å². The van der Waals surface area contributed by atoms with E-state index in [1.165, 1.54) is 0 Å². The number of carbonyl (C=O) groups is 1. The Morgan fingerprint density at radius 3 is 2.75 bits per heavy atom. The van der Waals surface area contributed by atoms with Crippen LogP contribution in [-0.2, 0) is 11.3 Å². The van der Waals surface area contributed by atoms with Crippen molar-refractivity contribution in [3.8, 4) is 11.8 Å².